The average Bonchev–Trinajstić information content (AvgIpc) is 1.03. The molecule has 15 nitrogen and oxygen atoms in total. The average molecular weight is 1320 g/mol. The molecule has 0 saturated carbocycles. The van der Waals surface area contributed by atoms with Crippen molar-refractivity contribution in [3.63, 3.8) is 0 Å². The summed E-state index contributed by atoms with van der Waals surface area (Å²) in [7, 11) is -6.28. The molecule has 0 bridgehead atoms. The topological polar surface area (TPSA) is 161 Å². The molecule has 6 aliphatic rings. The predicted molar refractivity (Wildman–Crippen MR) is 345 cm³/mol. The van der Waals surface area contributed by atoms with Crippen LogP contribution in [0.4, 0.5) is 48.2 Å². The van der Waals surface area contributed by atoms with Crippen LogP contribution < -0.4 is 14.7 Å². The van der Waals surface area contributed by atoms with Crippen molar-refractivity contribution in [2.24, 2.45) is 17.8 Å². The zero-order valence-electron chi connectivity index (χ0n) is 50.3. The summed E-state index contributed by atoms with van der Waals surface area (Å²) in [5.74, 6) is 9.60. The van der Waals surface area contributed by atoms with E-state index in [-0.39, 0.29) is 35.5 Å². The van der Waals surface area contributed by atoms with E-state index in [1.165, 1.54) is 36.4 Å². The van der Waals surface area contributed by atoms with Gasteiger partial charge in [-0.2, -0.15) is 0 Å². The zero-order valence-corrected chi connectivity index (χ0v) is 52.8. The Morgan fingerprint density at radius 3 is 1.12 bits per heavy atom. The number of hydrogen-bond acceptors (Lipinski definition) is 12. The smallest absolute Gasteiger partial charge is 0.226 e. The van der Waals surface area contributed by atoms with Crippen molar-refractivity contribution in [1.29, 1.82) is 0 Å². The summed E-state index contributed by atoms with van der Waals surface area (Å²) in [5, 5.41) is 0. The Kier molecular flexibility index (Phi) is 20.8. The Morgan fingerprint density at radius 1 is 0.396 bits per heavy atom. The molecule has 3 aromatic carbocycles. The van der Waals surface area contributed by atoms with Crippen molar-refractivity contribution in [1.82, 2.24) is 29.7 Å². The van der Waals surface area contributed by atoms with Crippen molar-refractivity contribution in [3.8, 4) is 0 Å². The van der Waals surface area contributed by atoms with Gasteiger partial charge in [0.2, 0.25) is 17.7 Å². The van der Waals surface area contributed by atoms with E-state index >= 15 is 0 Å². The molecule has 3 aromatic heterocycles. The monoisotopic (exact) mass is 1320 g/mol. The minimum absolute atomic E-state index is 0.0136. The lowest BCUT2D eigenvalue weighted by atomic mass is 9.96. The number of halogens is 7. The molecule has 3 amide bonds. The molecule has 0 N–H and O–H groups in total. The predicted octanol–water partition coefficient (Wildman–Crippen LogP) is 8.77. The highest BCUT2D eigenvalue weighted by atomic mass is 32.2. The molecule has 12 rings (SSSR count). The molecule has 6 fully saturated rings. The van der Waals surface area contributed by atoms with Gasteiger partial charge in [0, 0.05) is 135 Å². The summed E-state index contributed by atoms with van der Waals surface area (Å²) in [6.07, 6.45) is 7.68. The Hall–Kier alpha value is -7.51. The molecule has 6 aromatic rings. The maximum absolute atomic E-state index is 14.7. The summed E-state index contributed by atoms with van der Waals surface area (Å²) in [5.41, 5.74) is 1.33. The third-order valence-electron chi connectivity index (χ3n) is 18.0. The summed E-state index contributed by atoms with van der Waals surface area (Å²) in [6.45, 7) is 3.98. The first-order chi connectivity index (χ1) is 43.4. The van der Waals surface area contributed by atoms with Crippen LogP contribution in [0.15, 0.2) is 122 Å². The number of anilines is 3. The lowest BCUT2D eigenvalue weighted by molar-refractivity contribution is -0.139. The van der Waals surface area contributed by atoms with Crippen LogP contribution in [0.3, 0.4) is 0 Å². The van der Waals surface area contributed by atoms with Crippen molar-refractivity contribution < 1.29 is 57.7 Å². The van der Waals surface area contributed by atoms with E-state index in [9.17, 15) is 57.7 Å². The van der Waals surface area contributed by atoms with E-state index < -0.39 is 87.4 Å². The number of nitrogens with zero attached hydrogens (tertiary/aromatic N) is 9. The molecule has 0 radical (unpaired) electrons. The fraction of sp³-hybridized carbons (Fsp3) is 0.409. The standard InChI is InChI=1S/C22H24F3N3O2S.2C22H25F2N3O2S/c1-31(30)10-6-15(7-11-31)22(29)28-9-8-27(21-5-3-17(23)13-26-21)14-20(28)16-2-4-18(24)19(25)12-16;1-30(29)12-7-16(8-13-30)22(28)27-11-10-26(21-4-2-3-9-25-21)15-20(27)18-6-5-17(23)14-19(18)24;1-30(29)12-7-16(8-13-30)22(28)27-11-10-26(21-4-2-3-9-25-21)15-20(27)17-5-6-18(23)19(24)14-17/h2-5,12-13,15,20H,1,6-11,14H2;2*2-6,9,14,16,20H,1,7-8,10-13,15H2. The fourth-order valence-corrected chi connectivity index (χ4v) is 17.7. The van der Waals surface area contributed by atoms with Crippen LogP contribution >= 0.6 is 0 Å². The SMILES string of the molecule is C=S1(=O)CCC(C(=O)N2CCN(c3ccc(F)cn3)CC2c2ccc(F)c(F)c2)CC1.C=S1(=O)CCC(C(=O)N2CCN(c3ccccn3)CC2c2ccc(F)c(F)c2)CC1.C=S1(=O)CCC(C(=O)N2CCN(c3ccccn3)CC2c2ccc(F)cc2F)CC1. The lowest BCUT2D eigenvalue weighted by Crippen LogP contribution is -2.53. The molecule has 3 atom stereocenters. The van der Waals surface area contributed by atoms with Gasteiger partial charge >= 0.3 is 0 Å². The first-order valence-electron chi connectivity index (χ1n) is 30.3. The van der Waals surface area contributed by atoms with Crippen LogP contribution in [0, 0.1) is 58.5 Å². The molecule has 91 heavy (non-hydrogen) atoms. The number of benzene rings is 3. The second-order valence-electron chi connectivity index (χ2n) is 24.1. The van der Waals surface area contributed by atoms with Gasteiger partial charge in [-0.1, -0.05) is 30.3 Å². The molecule has 25 heteroatoms. The van der Waals surface area contributed by atoms with Gasteiger partial charge in [-0.15, -0.1) is 0 Å². The van der Waals surface area contributed by atoms with Crippen LogP contribution in [0.1, 0.15) is 73.3 Å². The Labute approximate surface area is 527 Å². The van der Waals surface area contributed by atoms with E-state index in [1.807, 2.05) is 46.2 Å². The van der Waals surface area contributed by atoms with Crippen LogP contribution in [-0.2, 0) is 42.9 Å². The van der Waals surface area contributed by atoms with Gasteiger partial charge in [0.05, 0.1) is 24.3 Å². The van der Waals surface area contributed by atoms with Crippen molar-refractivity contribution in [3.05, 3.63) is 179 Å². The summed E-state index contributed by atoms with van der Waals surface area (Å²) in [6, 6.07) is 23.5. The third-order valence-corrected chi connectivity index (χ3v) is 23.9. The number of carbonyl (C=O) groups is 3. The highest BCUT2D eigenvalue weighted by Crippen LogP contribution is 2.37. The largest absolute Gasteiger partial charge is 0.352 e. The number of amides is 3. The van der Waals surface area contributed by atoms with Crippen molar-refractivity contribution in [2.45, 2.75) is 56.7 Å². The Bertz CT molecular complexity index is 3900. The number of piperazine rings is 3. The van der Waals surface area contributed by atoms with Crippen LogP contribution in [0.2, 0.25) is 0 Å². The quantitative estimate of drug-likeness (QED) is 0.100. The van der Waals surface area contributed by atoms with E-state index in [2.05, 4.69) is 37.5 Å². The van der Waals surface area contributed by atoms with Crippen LogP contribution in [-0.4, -0.2) is 171 Å². The van der Waals surface area contributed by atoms with E-state index in [4.69, 9.17) is 0 Å². The van der Waals surface area contributed by atoms with E-state index in [0.29, 0.717) is 154 Å². The molecule has 6 aliphatic heterocycles. The summed E-state index contributed by atoms with van der Waals surface area (Å²) in [4.78, 5) is 64.1. The van der Waals surface area contributed by atoms with Gasteiger partial charge in [0.1, 0.15) is 34.9 Å². The Morgan fingerprint density at radius 2 is 0.769 bits per heavy atom. The maximum Gasteiger partial charge on any atom is 0.226 e. The minimum Gasteiger partial charge on any atom is -0.352 e. The van der Waals surface area contributed by atoms with Gasteiger partial charge in [-0.05, 0) is 163 Å². The van der Waals surface area contributed by atoms with Crippen LogP contribution in [0.25, 0.3) is 0 Å². The van der Waals surface area contributed by atoms with Crippen molar-refractivity contribution in [2.75, 3.05) is 108 Å². The lowest BCUT2D eigenvalue weighted by Gasteiger charge is -2.44. The number of pyridine rings is 3. The molecule has 0 aliphatic carbocycles. The molecule has 3 unspecified atom stereocenters. The first-order valence-corrected chi connectivity index (χ1v) is 36.5. The zero-order chi connectivity index (χ0) is 64.8. The number of aromatic nitrogens is 3. The van der Waals surface area contributed by atoms with E-state index in [1.54, 1.807) is 33.2 Å². The highest BCUT2D eigenvalue weighted by molar-refractivity contribution is 8.00. The normalized spacial score (nSPS) is 27.0. The number of carbonyl (C=O) groups excluding carboxylic acids is 3. The molecular formula is C66H74F7N9O6S3. The fourth-order valence-electron chi connectivity index (χ4n) is 12.8. The van der Waals surface area contributed by atoms with E-state index in [0.717, 1.165) is 42.1 Å². The maximum atomic E-state index is 14.7. The minimum atomic E-state index is -2.11. The second kappa shape index (κ2) is 28.6. The van der Waals surface area contributed by atoms with Gasteiger partial charge in [-0.25, -0.2) is 45.7 Å². The number of rotatable bonds is 9. The van der Waals surface area contributed by atoms with Gasteiger partial charge < -0.3 is 29.4 Å². The molecule has 6 saturated heterocycles. The number of hydrogen-bond donors (Lipinski definition) is 0. The first kappa shape index (κ1) is 66.4. The Balaban J connectivity index is 0.000000150. The molecule has 0 spiro atoms. The third kappa shape index (κ3) is 16.4. The van der Waals surface area contributed by atoms with Crippen LogP contribution in [0.5, 0.6) is 0 Å². The summed E-state index contributed by atoms with van der Waals surface area (Å²) < 4.78 is 133. The van der Waals surface area contributed by atoms with Gasteiger partial charge in [-0.3, -0.25) is 27.0 Å². The van der Waals surface area contributed by atoms with Gasteiger partial charge in [0.25, 0.3) is 0 Å². The summed E-state index contributed by atoms with van der Waals surface area (Å²) >= 11 is 0. The highest BCUT2D eigenvalue weighted by Gasteiger charge is 2.41. The van der Waals surface area contributed by atoms with Crippen molar-refractivity contribution >= 4 is 81.4 Å². The molecular weight excluding hydrogens is 1240 g/mol. The molecule has 486 valence electrons. The molecule has 9 heterocycles. The second-order valence-corrected chi connectivity index (χ2v) is 32.4. The van der Waals surface area contributed by atoms with Gasteiger partial charge in [0.15, 0.2) is 23.3 Å².